The molecule has 0 saturated heterocycles. The molecule has 1 amide bonds. The van der Waals surface area contributed by atoms with Crippen molar-refractivity contribution in [1.29, 1.82) is 0 Å². The molecule has 0 aliphatic heterocycles. The van der Waals surface area contributed by atoms with Gasteiger partial charge in [-0.1, -0.05) is 16.8 Å². The first-order valence-corrected chi connectivity index (χ1v) is 7.91. The van der Waals surface area contributed by atoms with Crippen LogP contribution in [-0.2, 0) is 9.53 Å². The van der Waals surface area contributed by atoms with Gasteiger partial charge < -0.3 is 19.3 Å². The fourth-order valence-corrected chi connectivity index (χ4v) is 2.37. The standard InChI is InChI=1S/C17H19ClN2O5/c1-8-6-13(14(23-5)7-12(8)18)19-16(21)11(4)24-17(22)15-9(2)20-25-10(15)3/h6-7,11H,1-5H3,(H,19,21)/t11-/m0/s1. The third-order valence-electron chi connectivity index (χ3n) is 3.63. The third-order valence-corrected chi connectivity index (χ3v) is 4.04. The van der Waals surface area contributed by atoms with Gasteiger partial charge in [-0.05, 0) is 39.3 Å². The number of anilines is 1. The number of amides is 1. The molecule has 1 atom stereocenters. The summed E-state index contributed by atoms with van der Waals surface area (Å²) in [6, 6.07) is 3.29. The predicted octanol–water partition coefficient (Wildman–Crippen LogP) is 3.45. The molecule has 25 heavy (non-hydrogen) atoms. The summed E-state index contributed by atoms with van der Waals surface area (Å²) in [5.74, 6) is -0.420. The topological polar surface area (TPSA) is 90.7 Å². The maximum atomic E-state index is 12.3. The largest absolute Gasteiger partial charge is 0.495 e. The van der Waals surface area contributed by atoms with Gasteiger partial charge >= 0.3 is 5.97 Å². The predicted molar refractivity (Wildman–Crippen MR) is 92.2 cm³/mol. The zero-order valence-corrected chi connectivity index (χ0v) is 15.4. The Balaban J connectivity index is 2.11. The highest BCUT2D eigenvalue weighted by atomic mass is 35.5. The molecule has 1 aromatic heterocycles. The van der Waals surface area contributed by atoms with Crippen LogP contribution in [0.15, 0.2) is 16.7 Å². The van der Waals surface area contributed by atoms with Crippen molar-refractivity contribution in [2.45, 2.75) is 33.8 Å². The highest BCUT2D eigenvalue weighted by molar-refractivity contribution is 6.31. The molecule has 1 heterocycles. The van der Waals surface area contributed by atoms with Crippen LogP contribution in [0.25, 0.3) is 0 Å². The Bertz CT molecular complexity index is 796. The van der Waals surface area contributed by atoms with Crippen molar-refractivity contribution in [3.05, 3.63) is 39.7 Å². The maximum absolute atomic E-state index is 12.3. The number of halogens is 1. The number of aryl methyl sites for hydroxylation is 3. The molecule has 0 aliphatic rings. The van der Waals surface area contributed by atoms with Crippen LogP contribution in [0, 0.1) is 20.8 Å². The lowest BCUT2D eigenvalue weighted by Gasteiger charge is -2.16. The fraction of sp³-hybridized carbons (Fsp3) is 0.353. The Morgan fingerprint density at radius 3 is 2.52 bits per heavy atom. The minimum Gasteiger partial charge on any atom is -0.495 e. The highest BCUT2D eigenvalue weighted by Gasteiger charge is 2.25. The number of rotatable bonds is 5. The Kier molecular flexibility index (Phi) is 5.69. The second-order valence-corrected chi connectivity index (χ2v) is 5.94. The molecule has 0 radical (unpaired) electrons. The van der Waals surface area contributed by atoms with Crippen LogP contribution >= 0.6 is 11.6 Å². The summed E-state index contributed by atoms with van der Waals surface area (Å²) < 4.78 is 15.3. The molecule has 134 valence electrons. The monoisotopic (exact) mass is 366 g/mol. The van der Waals surface area contributed by atoms with E-state index in [9.17, 15) is 9.59 Å². The van der Waals surface area contributed by atoms with E-state index in [1.54, 1.807) is 32.9 Å². The van der Waals surface area contributed by atoms with Crippen molar-refractivity contribution in [2.75, 3.05) is 12.4 Å². The minimum absolute atomic E-state index is 0.222. The number of nitrogens with one attached hydrogen (secondary N) is 1. The normalized spacial score (nSPS) is 11.8. The third kappa shape index (κ3) is 4.11. The fourth-order valence-electron chi connectivity index (χ4n) is 2.21. The van der Waals surface area contributed by atoms with E-state index in [0.29, 0.717) is 27.9 Å². The Hall–Kier alpha value is -2.54. The van der Waals surface area contributed by atoms with Crippen molar-refractivity contribution in [1.82, 2.24) is 5.16 Å². The van der Waals surface area contributed by atoms with Crippen molar-refractivity contribution in [3.8, 4) is 5.75 Å². The molecule has 1 N–H and O–H groups in total. The lowest BCUT2D eigenvalue weighted by molar-refractivity contribution is -0.123. The van der Waals surface area contributed by atoms with E-state index in [2.05, 4.69) is 10.5 Å². The van der Waals surface area contributed by atoms with Gasteiger partial charge in [-0.15, -0.1) is 0 Å². The summed E-state index contributed by atoms with van der Waals surface area (Å²) in [6.07, 6.45) is -1.03. The smallest absolute Gasteiger partial charge is 0.344 e. The molecule has 2 aromatic rings. The molecule has 0 spiro atoms. The number of carbonyl (C=O) groups is 2. The number of hydrogen-bond acceptors (Lipinski definition) is 6. The van der Waals surface area contributed by atoms with E-state index < -0.39 is 18.0 Å². The van der Waals surface area contributed by atoms with Gasteiger partial charge in [0.15, 0.2) is 6.10 Å². The summed E-state index contributed by atoms with van der Waals surface area (Å²) in [4.78, 5) is 24.5. The van der Waals surface area contributed by atoms with Crippen molar-refractivity contribution in [3.63, 3.8) is 0 Å². The second kappa shape index (κ2) is 7.57. The SMILES string of the molecule is COc1cc(Cl)c(C)cc1NC(=O)[C@H](C)OC(=O)c1c(C)noc1C. The summed E-state index contributed by atoms with van der Waals surface area (Å²) in [6.45, 7) is 6.50. The number of ether oxygens (including phenoxy) is 2. The molecule has 1 aromatic carbocycles. The average Bonchev–Trinajstić information content (AvgIpc) is 2.89. The molecule has 0 fully saturated rings. The van der Waals surface area contributed by atoms with Gasteiger partial charge in [0.25, 0.3) is 5.91 Å². The zero-order valence-electron chi connectivity index (χ0n) is 14.6. The second-order valence-electron chi connectivity index (χ2n) is 5.54. The van der Waals surface area contributed by atoms with Crippen LogP contribution in [0.5, 0.6) is 5.75 Å². The van der Waals surface area contributed by atoms with Crippen LogP contribution in [0.2, 0.25) is 5.02 Å². The van der Waals surface area contributed by atoms with Gasteiger partial charge in [-0.2, -0.15) is 0 Å². The lowest BCUT2D eigenvalue weighted by Crippen LogP contribution is -2.30. The number of carbonyl (C=O) groups excluding carboxylic acids is 2. The summed E-state index contributed by atoms with van der Waals surface area (Å²) in [7, 11) is 1.47. The van der Waals surface area contributed by atoms with Gasteiger partial charge in [0.1, 0.15) is 17.1 Å². The zero-order chi connectivity index (χ0) is 18.7. The van der Waals surface area contributed by atoms with Crippen LogP contribution in [0.4, 0.5) is 5.69 Å². The lowest BCUT2D eigenvalue weighted by atomic mass is 10.2. The summed E-state index contributed by atoms with van der Waals surface area (Å²) in [5, 5.41) is 6.88. The quantitative estimate of drug-likeness (QED) is 0.815. The molecule has 7 nitrogen and oxygen atoms in total. The van der Waals surface area contributed by atoms with Crippen LogP contribution in [0.1, 0.15) is 34.3 Å². The van der Waals surface area contributed by atoms with Crippen molar-refractivity contribution < 1.29 is 23.6 Å². The van der Waals surface area contributed by atoms with E-state index >= 15 is 0 Å². The summed E-state index contributed by atoms with van der Waals surface area (Å²) in [5.41, 5.74) is 1.84. The van der Waals surface area contributed by atoms with E-state index in [1.165, 1.54) is 14.0 Å². The number of nitrogens with zero attached hydrogens (tertiary/aromatic N) is 1. The number of aromatic nitrogens is 1. The molecule has 0 unspecified atom stereocenters. The van der Waals surface area contributed by atoms with Gasteiger partial charge in [-0.3, -0.25) is 4.79 Å². The molecule has 0 saturated carbocycles. The minimum atomic E-state index is -1.03. The molecular formula is C17H19ClN2O5. The Morgan fingerprint density at radius 2 is 1.96 bits per heavy atom. The van der Waals surface area contributed by atoms with Gasteiger partial charge in [-0.25, -0.2) is 4.79 Å². The number of esters is 1. The van der Waals surface area contributed by atoms with E-state index in [-0.39, 0.29) is 5.56 Å². The van der Waals surface area contributed by atoms with Gasteiger partial charge in [0.05, 0.1) is 18.5 Å². The first kappa shape index (κ1) is 18.8. The van der Waals surface area contributed by atoms with E-state index in [0.717, 1.165) is 5.56 Å². The molecule has 0 bridgehead atoms. The average molecular weight is 367 g/mol. The van der Waals surface area contributed by atoms with Gasteiger partial charge in [0, 0.05) is 11.1 Å². The number of benzene rings is 1. The Labute approximate surface area is 150 Å². The number of methoxy groups -OCH3 is 1. The van der Waals surface area contributed by atoms with Crippen LogP contribution in [0.3, 0.4) is 0 Å². The summed E-state index contributed by atoms with van der Waals surface area (Å²) >= 11 is 6.04. The highest BCUT2D eigenvalue weighted by Crippen LogP contribution is 2.31. The van der Waals surface area contributed by atoms with E-state index in [4.69, 9.17) is 25.6 Å². The maximum Gasteiger partial charge on any atom is 0.344 e. The first-order valence-electron chi connectivity index (χ1n) is 7.53. The number of hydrogen-bond donors (Lipinski definition) is 1. The Morgan fingerprint density at radius 1 is 1.28 bits per heavy atom. The molecule has 2 rings (SSSR count). The molecule has 0 aliphatic carbocycles. The first-order chi connectivity index (χ1) is 11.7. The molecule has 8 heteroatoms. The van der Waals surface area contributed by atoms with Crippen LogP contribution < -0.4 is 10.1 Å². The molecular weight excluding hydrogens is 348 g/mol. The van der Waals surface area contributed by atoms with E-state index in [1.807, 2.05) is 0 Å². The van der Waals surface area contributed by atoms with Gasteiger partial charge in [0.2, 0.25) is 0 Å². The van der Waals surface area contributed by atoms with Crippen molar-refractivity contribution in [2.24, 2.45) is 0 Å². The van der Waals surface area contributed by atoms with Crippen molar-refractivity contribution >= 4 is 29.2 Å². The van der Waals surface area contributed by atoms with Crippen LogP contribution in [-0.4, -0.2) is 30.2 Å².